The summed E-state index contributed by atoms with van der Waals surface area (Å²) in [5.74, 6) is -0.941. The molecule has 0 bridgehead atoms. The standard InChI is InChI=1S/C12H14O3/c13-11(7-12(14)15)10-6-5-8-3-1-2-4-9(8)10/h1-4,10-11,13H,5-7H2,(H,14,15)/t10?,11-/m0/s1. The van der Waals surface area contributed by atoms with Crippen LogP contribution < -0.4 is 0 Å². The number of carbonyl (C=O) groups is 1. The molecule has 1 aromatic carbocycles. The summed E-state index contributed by atoms with van der Waals surface area (Å²) in [5, 5.41) is 18.4. The van der Waals surface area contributed by atoms with Crippen molar-refractivity contribution in [2.75, 3.05) is 0 Å². The maximum absolute atomic E-state index is 10.5. The Kier molecular flexibility index (Phi) is 2.73. The van der Waals surface area contributed by atoms with Crippen molar-refractivity contribution in [1.29, 1.82) is 0 Å². The number of carboxylic acid groups (broad SMARTS) is 1. The number of rotatable bonds is 3. The first kappa shape index (κ1) is 10.2. The minimum Gasteiger partial charge on any atom is -0.481 e. The van der Waals surface area contributed by atoms with Gasteiger partial charge < -0.3 is 10.2 Å². The van der Waals surface area contributed by atoms with Gasteiger partial charge in [0.05, 0.1) is 12.5 Å². The maximum atomic E-state index is 10.5. The molecule has 0 saturated carbocycles. The summed E-state index contributed by atoms with van der Waals surface area (Å²) in [7, 11) is 0. The third-order valence-corrected chi connectivity index (χ3v) is 3.03. The quantitative estimate of drug-likeness (QED) is 0.788. The average molecular weight is 206 g/mol. The first-order chi connectivity index (χ1) is 7.18. The lowest BCUT2D eigenvalue weighted by Gasteiger charge is -2.17. The number of aryl methyl sites for hydroxylation is 1. The summed E-state index contributed by atoms with van der Waals surface area (Å²) in [6, 6.07) is 7.94. The van der Waals surface area contributed by atoms with Gasteiger partial charge in [-0.2, -0.15) is 0 Å². The zero-order valence-electron chi connectivity index (χ0n) is 8.39. The van der Waals surface area contributed by atoms with Crippen LogP contribution >= 0.6 is 0 Å². The Bertz CT molecular complexity index is 373. The highest BCUT2D eigenvalue weighted by Gasteiger charge is 2.29. The highest BCUT2D eigenvalue weighted by molar-refractivity contribution is 5.67. The number of aliphatic carboxylic acids is 1. The van der Waals surface area contributed by atoms with Crippen molar-refractivity contribution in [3.8, 4) is 0 Å². The van der Waals surface area contributed by atoms with Crippen LogP contribution in [0.4, 0.5) is 0 Å². The van der Waals surface area contributed by atoms with E-state index in [1.807, 2.05) is 24.3 Å². The summed E-state index contributed by atoms with van der Waals surface area (Å²) in [6.07, 6.45) is 0.871. The summed E-state index contributed by atoms with van der Waals surface area (Å²) < 4.78 is 0. The van der Waals surface area contributed by atoms with E-state index < -0.39 is 12.1 Å². The number of hydrogen-bond acceptors (Lipinski definition) is 2. The van der Waals surface area contributed by atoms with E-state index in [1.165, 1.54) is 5.56 Å². The van der Waals surface area contributed by atoms with E-state index in [2.05, 4.69) is 0 Å². The molecule has 0 spiro atoms. The van der Waals surface area contributed by atoms with E-state index in [-0.39, 0.29) is 12.3 Å². The second kappa shape index (κ2) is 4.03. The van der Waals surface area contributed by atoms with Crippen LogP contribution in [0.1, 0.15) is 29.9 Å². The van der Waals surface area contributed by atoms with Gasteiger partial charge in [-0.15, -0.1) is 0 Å². The van der Waals surface area contributed by atoms with Crippen molar-refractivity contribution in [3.63, 3.8) is 0 Å². The third-order valence-electron chi connectivity index (χ3n) is 3.03. The van der Waals surface area contributed by atoms with Crippen LogP contribution in [0, 0.1) is 0 Å². The molecule has 0 radical (unpaired) electrons. The topological polar surface area (TPSA) is 57.5 Å². The van der Waals surface area contributed by atoms with Gasteiger partial charge in [0.1, 0.15) is 0 Å². The first-order valence-corrected chi connectivity index (χ1v) is 5.16. The Morgan fingerprint density at radius 1 is 1.47 bits per heavy atom. The molecule has 0 amide bonds. The number of aliphatic hydroxyl groups is 1. The number of carboxylic acids is 1. The zero-order valence-corrected chi connectivity index (χ0v) is 8.39. The fourth-order valence-electron chi connectivity index (χ4n) is 2.31. The average Bonchev–Trinajstić information content (AvgIpc) is 2.59. The van der Waals surface area contributed by atoms with Crippen molar-refractivity contribution >= 4 is 5.97 Å². The predicted octanol–water partition coefficient (Wildman–Crippen LogP) is 1.55. The molecule has 0 aromatic heterocycles. The van der Waals surface area contributed by atoms with E-state index in [1.54, 1.807) is 0 Å². The largest absolute Gasteiger partial charge is 0.481 e. The molecule has 3 nitrogen and oxygen atoms in total. The van der Waals surface area contributed by atoms with Crippen molar-refractivity contribution in [2.24, 2.45) is 0 Å². The monoisotopic (exact) mass is 206 g/mol. The Morgan fingerprint density at radius 2 is 2.20 bits per heavy atom. The number of hydrogen-bond donors (Lipinski definition) is 2. The molecule has 1 aromatic rings. The van der Waals surface area contributed by atoms with Gasteiger partial charge >= 0.3 is 5.97 Å². The van der Waals surface area contributed by atoms with Gasteiger partial charge in [0.2, 0.25) is 0 Å². The lowest BCUT2D eigenvalue weighted by molar-refractivity contribution is -0.139. The van der Waals surface area contributed by atoms with E-state index in [0.29, 0.717) is 0 Å². The fourth-order valence-corrected chi connectivity index (χ4v) is 2.31. The molecule has 2 rings (SSSR count). The Hall–Kier alpha value is -1.35. The summed E-state index contributed by atoms with van der Waals surface area (Å²) >= 11 is 0. The molecule has 1 unspecified atom stereocenters. The van der Waals surface area contributed by atoms with E-state index >= 15 is 0 Å². The van der Waals surface area contributed by atoms with Gasteiger partial charge in [0, 0.05) is 5.92 Å². The van der Waals surface area contributed by atoms with Crippen LogP contribution in [0.2, 0.25) is 0 Å². The van der Waals surface area contributed by atoms with Crippen LogP contribution in [-0.4, -0.2) is 22.3 Å². The molecule has 0 aliphatic heterocycles. The van der Waals surface area contributed by atoms with Crippen molar-refractivity contribution in [3.05, 3.63) is 35.4 Å². The lowest BCUT2D eigenvalue weighted by atomic mass is 9.93. The minimum absolute atomic E-state index is 0.00250. The molecule has 15 heavy (non-hydrogen) atoms. The normalized spacial score (nSPS) is 21.0. The SMILES string of the molecule is O=C(O)C[C@H](O)C1CCc2ccccc21. The van der Waals surface area contributed by atoms with E-state index in [9.17, 15) is 9.90 Å². The van der Waals surface area contributed by atoms with Crippen LogP contribution in [-0.2, 0) is 11.2 Å². The molecule has 80 valence electrons. The molecule has 1 aliphatic rings. The van der Waals surface area contributed by atoms with Crippen LogP contribution in [0.25, 0.3) is 0 Å². The Morgan fingerprint density at radius 3 is 2.93 bits per heavy atom. The van der Waals surface area contributed by atoms with Crippen molar-refractivity contribution in [2.45, 2.75) is 31.3 Å². The molecule has 3 heteroatoms. The molecule has 0 fully saturated rings. The van der Waals surface area contributed by atoms with Crippen molar-refractivity contribution in [1.82, 2.24) is 0 Å². The second-order valence-electron chi connectivity index (χ2n) is 4.01. The van der Waals surface area contributed by atoms with E-state index in [4.69, 9.17) is 5.11 Å². The van der Waals surface area contributed by atoms with Gasteiger partial charge in [-0.3, -0.25) is 4.79 Å². The number of fused-ring (bicyclic) bond motifs is 1. The van der Waals surface area contributed by atoms with Gasteiger partial charge in [0.15, 0.2) is 0 Å². The lowest BCUT2D eigenvalue weighted by Crippen LogP contribution is -2.20. The Labute approximate surface area is 88.4 Å². The van der Waals surface area contributed by atoms with Gasteiger partial charge in [-0.05, 0) is 24.0 Å². The van der Waals surface area contributed by atoms with Gasteiger partial charge in [0.25, 0.3) is 0 Å². The zero-order chi connectivity index (χ0) is 10.8. The molecule has 2 atom stereocenters. The molecule has 1 aliphatic carbocycles. The van der Waals surface area contributed by atoms with Crippen LogP contribution in [0.5, 0.6) is 0 Å². The third kappa shape index (κ3) is 2.02. The molecular weight excluding hydrogens is 192 g/mol. The van der Waals surface area contributed by atoms with Crippen LogP contribution in [0.15, 0.2) is 24.3 Å². The van der Waals surface area contributed by atoms with Crippen LogP contribution in [0.3, 0.4) is 0 Å². The van der Waals surface area contributed by atoms with E-state index in [0.717, 1.165) is 18.4 Å². The highest BCUT2D eigenvalue weighted by Crippen LogP contribution is 2.36. The maximum Gasteiger partial charge on any atom is 0.305 e. The van der Waals surface area contributed by atoms with Gasteiger partial charge in [-0.25, -0.2) is 0 Å². The molecule has 2 N–H and O–H groups in total. The summed E-state index contributed by atoms with van der Waals surface area (Å²) in [4.78, 5) is 10.5. The summed E-state index contributed by atoms with van der Waals surface area (Å²) in [5.41, 5.74) is 2.36. The molecule has 0 saturated heterocycles. The number of aliphatic hydroxyl groups excluding tert-OH is 1. The highest BCUT2D eigenvalue weighted by atomic mass is 16.4. The molecular formula is C12H14O3. The minimum atomic E-state index is -0.938. The summed E-state index contributed by atoms with van der Waals surface area (Å²) in [6.45, 7) is 0. The van der Waals surface area contributed by atoms with Crippen molar-refractivity contribution < 1.29 is 15.0 Å². The fraction of sp³-hybridized carbons (Fsp3) is 0.417. The first-order valence-electron chi connectivity index (χ1n) is 5.16. The smallest absolute Gasteiger partial charge is 0.305 e. The molecule has 0 heterocycles. The Balaban J connectivity index is 2.16. The predicted molar refractivity (Wildman–Crippen MR) is 55.8 cm³/mol. The van der Waals surface area contributed by atoms with Gasteiger partial charge in [-0.1, -0.05) is 24.3 Å². The number of benzene rings is 1. The second-order valence-corrected chi connectivity index (χ2v) is 4.01.